The number of amides is 2. The Morgan fingerprint density at radius 1 is 1.00 bits per heavy atom. The van der Waals surface area contributed by atoms with Gasteiger partial charge in [-0.3, -0.25) is 14.7 Å². The Labute approximate surface area is 215 Å². The van der Waals surface area contributed by atoms with E-state index in [1.807, 2.05) is 0 Å². The molecule has 0 aliphatic rings. The predicted molar refractivity (Wildman–Crippen MR) is 132 cm³/mol. The fourth-order valence-corrected chi connectivity index (χ4v) is 3.40. The van der Waals surface area contributed by atoms with Crippen molar-refractivity contribution in [2.75, 3.05) is 10.6 Å². The van der Waals surface area contributed by atoms with Crippen LogP contribution >= 0.6 is 0 Å². The van der Waals surface area contributed by atoms with Gasteiger partial charge in [0.05, 0.1) is 11.4 Å². The Kier molecular flexibility index (Phi) is 8.57. The molecule has 38 heavy (non-hydrogen) atoms. The first kappa shape index (κ1) is 27.6. The summed E-state index contributed by atoms with van der Waals surface area (Å²) in [4.78, 5) is 53.0. The van der Waals surface area contributed by atoms with Crippen LogP contribution in [-0.2, 0) is 27.5 Å². The normalized spacial score (nSPS) is 13.0. The summed E-state index contributed by atoms with van der Waals surface area (Å²) in [7, 11) is 0. The van der Waals surface area contributed by atoms with Crippen molar-refractivity contribution in [1.29, 1.82) is 0 Å². The molecule has 3 aromatic rings. The van der Waals surface area contributed by atoms with E-state index in [0.29, 0.717) is 11.1 Å². The number of ether oxygens (including phenoxy) is 1. The number of para-hydroxylation sites is 2. The maximum Gasteiger partial charge on any atom is 0.407 e. The molecule has 0 fully saturated rings. The third-order valence-electron chi connectivity index (χ3n) is 5.38. The fraction of sp³-hybridized carbons (Fsp3) is 0.160. The lowest BCUT2D eigenvalue weighted by atomic mass is 10.0. The molecular weight excluding hydrogens is 500 g/mol. The standard InChI is InChI=1S/C25H24N4O9/c26-18-5-1-2-6-19(18)29(25(37,23(34)35)20(30)22(32)33)21(31)17-9-7-15(8-10-17)13-28-24(36)38-14-16-4-3-11-27-12-16/h1-12,20,30,37H,13-14,26H2,(H,28,36)(H,32,33)(H,34,35). The number of benzene rings is 2. The lowest BCUT2D eigenvalue weighted by molar-refractivity contribution is -0.182. The van der Waals surface area contributed by atoms with Crippen molar-refractivity contribution < 1.29 is 44.3 Å². The highest BCUT2D eigenvalue weighted by Gasteiger charge is 2.56. The van der Waals surface area contributed by atoms with Crippen molar-refractivity contribution in [3.8, 4) is 0 Å². The SMILES string of the molecule is Nc1ccccc1N(C(=O)c1ccc(CNC(=O)OCc2cccnc2)cc1)C(O)(C(=O)O)C(O)C(=O)O. The second-order valence-electron chi connectivity index (χ2n) is 7.96. The highest BCUT2D eigenvalue weighted by molar-refractivity contribution is 6.12. The molecule has 0 saturated carbocycles. The number of nitrogens with zero attached hydrogens (tertiary/aromatic N) is 2. The van der Waals surface area contributed by atoms with Crippen molar-refractivity contribution in [2.24, 2.45) is 0 Å². The molecule has 2 unspecified atom stereocenters. The van der Waals surface area contributed by atoms with Gasteiger partial charge in [0, 0.05) is 30.1 Å². The van der Waals surface area contributed by atoms with Gasteiger partial charge in [0.1, 0.15) is 6.61 Å². The number of carboxylic acid groups (broad SMARTS) is 2. The lowest BCUT2D eigenvalue weighted by Gasteiger charge is -2.38. The first-order valence-corrected chi connectivity index (χ1v) is 11.0. The van der Waals surface area contributed by atoms with Gasteiger partial charge in [-0.1, -0.05) is 30.3 Å². The largest absolute Gasteiger partial charge is 0.479 e. The minimum atomic E-state index is -3.61. The first-order valence-electron chi connectivity index (χ1n) is 11.0. The Balaban J connectivity index is 1.81. The third kappa shape index (κ3) is 6.03. The van der Waals surface area contributed by atoms with Crippen LogP contribution in [0.15, 0.2) is 73.1 Å². The van der Waals surface area contributed by atoms with E-state index in [2.05, 4.69) is 10.3 Å². The molecule has 1 aromatic heterocycles. The van der Waals surface area contributed by atoms with Gasteiger partial charge in [-0.2, -0.15) is 0 Å². The number of alkyl carbamates (subject to hydrolysis) is 1. The monoisotopic (exact) mass is 524 g/mol. The number of hydrogen-bond donors (Lipinski definition) is 6. The van der Waals surface area contributed by atoms with Gasteiger partial charge in [0.25, 0.3) is 11.6 Å². The number of pyridine rings is 1. The van der Waals surface area contributed by atoms with Crippen molar-refractivity contribution in [1.82, 2.24) is 10.3 Å². The number of carboxylic acids is 2. The molecule has 0 saturated heterocycles. The van der Waals surface area contributed by atoms with E-state index in [1.165, 1.54) is 48.5 Å². The van der Waals surface area contributed by atoms with Gasteiger partial charge >= 0.3 is 18.0 Å². The second-order valence-corrected chi connectivity index (χ2v) is 7.96. The number of carbonyl (C=O) groups excluding carboxylic acids is 2. The number of carbonyl (C=O) groups is 4. The molecule has 198 valence electrons. The number of aliphatic carboxylic acids is 2. The van der Waals surface area contributed by atoms with Crippen LogP contribution in [0, 0.1) is 0 Å². The molecule has 0 aliphatic heterocycles. The van der Waals surface area contributed by atoms with E-state index in [1.54, 1.807) is 24.5 Å². The van der Waals surface area contributed by atoms with Crippen molar-refractivity contribution in [3.63, 3.8) is 0 Å². The molecule has 3 rings (SSSR count). The van der Waals surface area contributed by atoms with E-state index in [-0.39, 0.29) is 35.0 Å². The lowest BCUT2D eigenvalue weighted by Crippen LogP contribution is -2.66. The number of aromatic nitrogens is 1. The summed E-state index contributed by atoms with van der Waals surface area (Å²) < 4.78 is 5.09. The molecule has 1 heterocycles. The van der Waals surface area contributed by atoms with Crippen molar-refractivity contribution in [3.05, 3.63) is 89.7 Å². The number of nitrogen functional groups attached to an aromatic ring is 1. The van der Waals surface area contributed by atoms with Crippen LogP contribution in [0.1, 0.15) is 21.5 Å². The van der Waals surface area contributed by atoms with Gasteiger partial charge in [-0.25, -0.2) is 14.4 Å². The Hall–Kier alpha value is -5.01. The van der Waals surface area contributed by atoms with Crippen LogP contribution in [0.5, 0.6) is 0 Å². The smallest absolute Gasteiger partial charge is 0.407 e. The van der Waals surface area contributed by atoms with E-state index in [4.69, 9.17) is 10.5 Å². The van der Waals surface area contributed by atoms with E-state index >= 15 is 0 Å². The van der Waals surface area contributed by atoms with Crippen LogP contribution in [-0.4, -0.2) is 61.2 Å². The van der Waals surface area contributed by atoms with E-state index in [9.17, 15) is 39.6 Å². The second kappa shape index (κ2) is 11.8. The minimum absolute atomic E-state index is 0.0141. The maximum absolute atomic E-state index is 13.4. The molecule has 2 amide bonds. The number of nitrogens with two attached hydrogens (primary N) is 1. The quantitative estimate of drug-likeness (QED) is 0.162. The zero-order valence-electron chi connectivity index (χ0n) is 19.7. The van der Waals surface area contributed by atoms with Crippen LogP contribution < -0.4 is 16.0 Å². The van der Waals surface area contributed by atoms with Crippen molar-refractivity contribution in [2.45, 2.75) is 25.0 Å². The molecule has 2 atom stereocenters. The zero-order valence-corrected chi connectivity index (χ0v) is 19.7. The summed E-state index contributed by atoms with van der Waals surface area (Å²) >= 11 is 0. The Morgan fingerprint density at radius 3 is 2.26 bits per heavy atom. The summed E-state index contributed by atoms with van der Waals surface area (Å²) in [6.45, 7) is 0.0345. The molecule has 0 aliphatic carbocycles. The van der Waals surface area contributed by atoms with Gasteiger partial charge in [-0.05, 0) is 35.9 Å². The number of hydrogen-bond acceptors (Lipinski definition) is 9. The average molecular weight is 524 g/mol. The first-order chi connectivity index (χ1) is 18.1. The van der Waals surface area contributed by atoms with Crippen LogP contribution in [0.4, 0.5) is 16.2 Å². The van der Waals surface area contributed by atoms with Crippen molar-refractivity contribution >= 4 is 35.3 Å². The fourth-order valence-electron chi connectivity index (χ4n) is 3.40. The van der Waals surface area contributed by atoms with Gasteiger partial charge < -0.3 is 36.2 Å². The number of aliphatic hydroxyl groups excluding tert-OH is 1. The summed E-state index contributed by atoms with van der Waals surface area (Å²) in [5.74, 6) is -5.45. The molecule has 13 heteroatoms. The number of rotatable bonds is 10. The van der Waals surface area contributed by atoms with E-state index < -0.39 is 35.8 Å². The van der Waals surface area contributed by atoms with Gasteiger partial charge in [-0.15, -0.1) is 0 Å². The molecule has 2 aromatic carbocycles. The van der Waals surface area contributed by atoms with Gasteiger partial charge in [0.2, 0.25) is 6.10 Å². The molecular formula is C25H24N4O9. The van der Waals surface area contributed by atoms with Crippen LogP contribution in [0.25, 0.3) is 0 Å². The Morgan fingerprint density at radius 2 is 1.68 bits per heavy atom. The van der Waals surface area contributed by atoms with E-state index in [0.717, 1.165) is 0 Å². The summed E-state index contributed by atoms with van der Waals surface area (Å²) in [5.41, 5.74) is 2.82. The highest BCUT2D eigenvalue weighted by atomic mass is 16.5. The topological polar surface area (TPSA) is 213 Å². The zero-order chi connectivity index (χ0) is 27.9. The van der Waals surface area contributed by atoms with Crippen LogP contribution in [0.2, 0.25) is 0 Å². The maximum atomic E-state index is 13.4. The third-order valence-corrected chi connectivity index (χ3v) is 5.38. The summed E-state index contributed by atoms with van der Waals surface area (Å²) in [6, 6.07) is 14.2. The number of nitrogens with one attached hydrogen (secondary N) is 1. The number of aliphatic hydroxyl groups is 2. The molecule has 0 spiro atoms. The average Bonchev–Trinajstić information content (AvgIpc) is 2.91. The van der Waals surface area contributed by atoms with Crippen LogP contribution in [0.3, 0.4) is 0 Å². The molecule has 0 radical (unpaired) electrons. The Bertz CT molecular complexity index is 1320. The number of anilines is 2. The predicted octanol–water partition coefficient (Wildman–Crippen LogP) is 0.956. The summed E-state index contributed by atoms with van der Waals surface area (Å²) in [5, 5.41) is 42.4. The summed E-state index contributed by atoms with van der Waals surface area (Å²) in [6.07, 6.45) is -0.489. The van der Waals surface area contributed by atoms with Gasteiger partial charge in [0.15, 0.2) is 0 Å². The molecule has 0 bridgehead atoms. The molecule has 7 N–H and O–H groups in total. The minimum Gasteiger partial charge on any atom is -0.479 e. The molecule has 13 nitrogen and oxygen atoms in total. The highest BCUT2D eigenvalue weighted by Crippen LogP contribution is 2.32.